The molecular weight excluding hydrogens is 268 g/mol. The molecule has 0 spiro atoms. The molecule has 4 heteroatoms. The summed E-state index contributed by atoms with van der Waals surface area (Å²) in [5.41, 5.74) is 1.77. The topological polar surface area (TPSA) is 45.1 Å². The highest BCUT2D eigenvalue weighted by molar-refractivity contribution is 9.10. The van der Waals surface area contributed by atoms with Crippen molar-refractivity contribution in [2.75, 3.05) is 5.32 Å². The minimum Gasteiger partial charge on any atom is -0.506 e. The van der Waals surface area contributed by atoms with Crippen LogP contribution in [0.15, 0.2) is 47.2 Å². The molecule has 0 fully saturated rings. The van der Waals surface area contributed by atoms with E-state index < -0.39 is 0 Å². The van der Waals surface area contributed by atoms with Gasteiger partial charge in [-0.3, -0.25) is 4.98 Å². The molecule has 0 aliphatic rings. The van der Waals surface area contributed by atoms with Gasteiger partial charge in [0.2, 0.25) is 0 Å². The van der Waals surface area contributed by atoms with Crippen LogP contribution >= 0.6 is 15.9 Å². The third kappa shape index (κ3) is 2.52. The zero-order valence-corrected chi connectivity index (χ0v) is 10.1. The molecule has 1 aromatic carbocycles. The molecule has 0 amide bonds. The molecule has 2 rings (SSSR count). The number of hydrogen-bond acceptors (Lipinski definition) is 3. The molecule has 16 heavy (non-hydrogen) atoms. The van der Waals surface area contributed by atoms with Crippen molar-refractivity contribution >= 4 is 21.6 Å². The maximum Gasteiger partial charge on any atom is 0.138 e. The second-order valence-corrected chi connectivity index (χ2v) is 4.19. The van der Waals surface area contributed by atoms with Crippen LogP contribution in [0.1, 0.15) is 5.56 Å². The van der Waals surface area contributed by atoms with Gasteiger partial charge in [0.15, 0.2) is 0 Å². The summed E-state index contributed by atoms with van der Waals surface area (Å²) in [6.45, 7) is 0.617. The fourth-order valence-electron chi connectivity index (χ4n) is 1.35. The van der Waals surface area contributed by atoms with Gasteiger partial charge in [-0.1, -0.05) is 28.1 Å². The highest BCUT2D eigenvalue weighted by atomic mass is 79.9. The van der Waals surface area contributed by atoms with E-state index in [1.54, 1.807) is 24.5 Å². The second kappa shape index (κ2) is 4.99. The Morgan fingerprint density at radius 1 is 1.25 bits per heavy atom. The lowest BCUT2D eigenvalue weighted by molar-refractivity contribution is 0.477. The van der Waals surface area contributed by atoms with Gasteiger partial charge >= 0.3 is 0 Å². The molecule has 2 N–H and O–H groups in total. The summed E-state index contributed by atoms with van der Waals surface area (Å²) in [7, 11) is 0. The van der Waals surface area contributed by atoms with Gasteiger partial charge in [-0.25, -0.2) is 0 Å². The normalized spacial score (nSPS) is 10.1. The molecule has 0 radical (unpaired) electrons. The Balaban J connectivity index is 2.09. The zero-order chi connectivity index (χ0) is 11.4. The molecular formula is C12H11BrN2O. The van der Waals surface area contributed by atoms with Gasteiger partial charge in [-0.2, -0.15) is 0 Å². The molecule has 0 saturated carbocycles. The van der Waals surface area contributed by atoms with E-state index in [0.29, 0.717) is 6.54 Å². The molecule has 0 aliphatic heterocycles. The first-order valence-electron chi connectivity index (χ1n) is 4.87. The molecule has 1 aromatic heterocycles. The molecule has 0 unspecified atom stereocenters. The van der Waals surface area contributed by atoms with Crippen LogP contribution in [0.5, 0.6) is 5.75 Å². The lowest BCUT2D eigenvalue weighted by Gasteiger charge is -2.08. The Morgan fingerprint density at radius 3 is 2.81 bits per heavy atom. The molecule has 0 bridgehead atoms. The number of pyridine rings is 1. The summed E-state index contributed by atoms with van der Waals surface area (Å²) < 4.78 is 1.01. The largest absolute Gasteiger partial charge is 0.506 e. The third-order valence-electron chi connectivity index (χ3n) is 2.22. The highest BCUT2D eigenvalue weighted by Crippen LogP contribution is 2.23. The Morgan fingerprint density at radius 2 is 2.06 bits per heavy atom. The number of aromatic hydroxyl groups is 1. The van der Waals surface area contributed by atoms with Crippen molar-refractivity contribution in [3.63, 3.8) is 0 Å². The van der Waals surface area contributed by atoms with E-state index in [2.05, 4.69) is 26.2 Å². The summed E-state index contributed by atoms with van der Waals surface area (Å²) in [6, 6.07) is 9.04. The molecule has 3 nitrogen and oxygen atoms in total. The van der Waals surface area contributed by atoms with Crippen LogP contribution in [-0.4, -0.2) is 10.1 Å². The third-order valence-corrected chi connectivity index (χ3v) is 2.99. The van der Waals surface area contributed by atoms with Crippen molar-refractivity contribution < 1.29 is 5.11 Å². The van der Waals surface area contributed by atoms with E-state index in [9.17, 15) is 5.11 Å². The lowest BCUT2D eigenvalue weighted by Crippen LogP contribution is -2.00. The van der Waals surface area contributed by atoms with E-state index in [0.717, 1.165) is 15.7 Å². The minimum atomic E-state index is 0.252. The number of hydrogen-bond donors (Lipinski definition) is 2. The van der Waals surface area contributed by atoms with Gasteiger partial charge in [-0.15, -0.1) is 0 Å². The monoisotopic (exact) mass is 278 g/mol. The first-order valence-corrected chi connectivity index (χ1v) is 5.67. The minimum absolute atomic E-state index is 0.252. The highest BCUT2D eigenvalue weighted by Gasteiger charge is 2.01. The van der Waals surface area contributed by atoms with Gasteiger partial charge < -0.3 is 10.4 Å². The fourth-order valence-corrected chi connectivity index (χ4v) is 1.71. The predicted molar refractivity (Wildman–Crippen MR) is 67.4 cm³/mol. The average Bonchev–Trinajstić information content (AvgIpc) is 2.30. The summed E-state index contributed by atoms with van der Waals surface area (Å²) in [4.78, 5) is 4.05. The van der Waals surface area contributed by atoms with E-state index in [1.807, 2.05) is 18.2 Å². The van der Waals surface area contributed by atoms with Crippen LogP contribution in [-0.2, 0) is 6.54 Å². The summed E-state index contributed by atoms with van der Waals surface area (Å²) in [5.74, 6) is 0.252. The number of phenols is 1. The first kappa shape index (κ1) is 11.0. The fraction of sp³-hybridized carbons (Fsp3) is 0.0833. The Kier molecular flexibility index (Phi) is 3.41. The summed E-state index contributed by atoms with van der Waals surface area (Å²) >= 11 is 3.45. The SMILES string of the molecule is Oc1ccccc1NCc1cnccc1Br. The smallest absolute Gasteiger partial charge is 0.138 e. The van der Waals surface area contributed by atoms with Crippen molar-refractivity contribution in [1.82, 2.24) is 4.98 Å². The Bertz CT molecular complexity index is 442. The van der Waals surface area contributed by atoms with Crippen molar-refractivity contribution in [2.45, 2.75) is 6.54 Å². The predicted octanol–water partition coefficient (Wildman–Crippen LogP) is 3.16. The summed E-state index contributed by atoms with van der Waals surface area (Å²) in [6.07, 6.45) is 3.52. The van der Waals surface area contributed by atoms with Crippen LogP contribution in [0.2, 0.25) is 0 Å². The second-order valence-electron chi connectivity index (χ2n) is 3.34. The van der Waals surface area contributed by atoms with Crippen molar-refractivity contribution in [3.05, 3.63) is 52.8 Å². The van der Waals surface area contributed by atoms with E-state index in [1.165, 1.54) is 0 Å². The van der Waals surface area contributed by atoms with Crippen LogP contribution in [0, 0.1) is 0 Å². The number of halogens is 1. The zero-order valence-electron chi connectivity index (χ0n) is 8.52. The molecule has 1 heterocycles. The van der Waals surface area contributed by atoms with Gasteiger partial charge in [0.25, 0.3) is 0 Å². The van der Waals surface area contributed by atoms with E-state index in [-0.39, 0.29) is 5.75 Å². The molecule has 0 atom stereocenters. The maximum absolute atomic E-state index is 9.57. The summed E-state index contributed by atoms with van der Waals surface area (Å²) in [5, 5.41) is 12.7. The molecule has 0 aliphatic carbocycles. The Labute approximate surface area is 102 Å². The first-order chi connectivity index (χ1) is 7.77. The number of rotatable bonds is 3. The molecule has 0 saturated heterocycles. The number of phenolic OH excluding ortho intramolecular Hbond substituents is 1. The van der Waals surface area contributed by atoms with Crippen LogP contribution < -0.4 is 5.32 Å². The van der Waals surface area contributed by atoms with Gasteiger partial charge in [0.05, 0.1) is 5.69 Å². The Hall–Kier alpha value is -1.55. The average molecular weight is 279 g/mol. The standard InChI is InChI=1S/C12H11BrN2O/c13-10-5-6-14-7-9(10)8-15-11-3-1-2-4-12(11)16/h1-7,15-16H,8H2. The number of aromatic nitrogens is 1. The number of benzene rings is 1. The van der Waals surface area contributed by atoms with Crippen LogP contribution in [0.4, 0.5) is 5.69 Å². The van der Waals surface area contributed by atoms with Crippen molar-refractivity contribution in [2.24, 2.45) is 0 Å². The van der Waals surface area contributed by atoms with Gasteiger partial charge in [0, 0.05) is 29.0 Å². The number of nitrogens with one attached hydrogen (secondary N) is 1. The van der Waals surface area contributed by atoms with E-state index in [4.69, 9.17) is 0 Å². The molecule has 2 aromatic rings. The lowest BCUT2D eigenvalue weighted by atomic mass is 10.2. The van der Waals surface area contributed by atoms with Crippen LogP contribution in [0.25, 0.3) is 0 Å². The molecule has 82 valence electrons. The van der Waals surface area contributed by atoms with Gasteiger partial charge in [-0.05, 0) is 18.2 Å². The van der Waals surface area contributed by atoms with Gasteiger partial charge in [0.1, 0.15) is 5.75 Å². The maximum atomic E-state index is 9.57. The van der Waals surface area contributed by atoms with Crippen molar-refractivity contribution in [3.8, 4) is 5.75 Å². The quantitative estimate of drug-likeness (QED) is 0.848. The van der Waals surface area contributed by atoms with Crippen molar-refractivity contribution in [1.29, 1.82) is 0 Å². The van der Waals surface area contributed by atoms with Crippen LogP contribution in [0.3, 0.4) is 0 Å². The number of anilines is 1. The van der Waals surface area contributed by atoms with E-state index >= 15 is 0 Å². The number of para-hydroxylation sites is 2. The number of nitrogens with zero attached hydrogens (tertiary/aromatic N) is 1.